The molecule has 0 radical (unpaired) electrons. The number of carbonyl (C=O) groups is 1. The number of likely N-dealkylation sites (N-methyl/N-ethyl adjacent to an activating group) is 1. The predicted octanol–water partition coefficient (Wildman–Crippen LogP) is 2.70. The molecule has 0 saturated carbocycles. The molecule has 0 N–H and O–H groups in total. The molecule has 0 spiro atoms. The van der Waals surface area contributed by atoms with E-state index in [9.17, 15) is 21.6 Å². The van der Waals surface area contributed by atoms with Crippen LogP contribution in [0.25, 0.3) is 10.2 Å². The standard InChI is InChI=1S/C21H25N3O5S3/c1-5-32(28,29)16-8-6-15(7-9-16)20(25)24(13-12-23(2)3)21-22-18-11-10-17(31(4,26)27)14-19(18)30-21/h6-11,14H,5,12-13H2,1-4H3. The summed E-state index contributed by atoms with van der Waals surface area (Å²) in [7, 11) is -2.94. The van der Waals surface area contributed by atoms with E-state index in [-0.39, 0.29) is 21.5 Å². The van der Waals surface area contributed by atoms with Crippen molar-refractivity contribution in [3.63, 3.8) is 0 Å². The van der Waals surface area contributed by atoms with Crippen LogP contribution in [0, 0.1) is 0 Å². The quantitative estimate of drug-likeness (QED) is 0.473. The van der Waals surface area contributed by atoms with Crippen LogP contribution in [0.1, 0.15) is 17.3 Å². The van der Waals surface area contributed by atoms with Crippen LogP contribution >= 0.6 is 11.3 Å². The van der Waals surface area contributed by atoms with Gasteiger partial charge < -0.3 is 4.90 Å². The Balaban J connectivity index is 2.00. The highest BCUT2D eigenvalue weighted by atomic mass is 32.2. The maximum Gasteiger partial charge on any atom is 0.260 e. The van der Waals surface area contributed by atoms with Crippen molar-refractivity contribution in [3.8, 4) is 0 Å². The third-order valence-electron chi connectivity index (χ3n) is 4.86. The molecule has 3 aromatic rings. The zero-order valence-electron chi connectivity index (χ0n) is 18.3. The maximum absolute atomic E-state index is 13.3. The average molecular weight is 496 g/mol. The Hall–Kier alpha value is -2.34. The van der Waals surface area contributed by atoms with E-state index in [4.69, 9.17) is 0 Å². The molecule has 0 atom stereocenters. The van der Waals surface area contributed by atoms with Gasteiger partial charge >= 0.3 is 0 Å². The fourth-order valence-electron chi connectivity index (χ4n) is 2.95. The molecule has 0 bridgehead atoms. The van der Waals surface area contributed by atoms with Gasteiger partial charge in [0.05, 0.1) is 25.8 Å². The Morgan fingerprint density at radius 3 is 2.16 bits per heavy atom. The predicted molar refractivity (Wildman–Crippen MR) is 127 cm³/mol. The molecule has 0 unspecified atom stereocenters. The molecule has 1 aromatic heterocycles. The van der Waals surface area contributed by atoms with Crippen molar-refractivity contribution in [3.05, 3.63) is 48.0 Å². The van der Waals surface area contributed by atoms with Crippen LogP contribution in [0.5, 0.6) is 0 Å². The molecule has 2 aromatic carbocycles. The number of benzene rings is 2. The van der Waals surface area contributed by atoms with E-state index >= 15 is 0 Å². The number of hydrogen-bond acceptors (Lipinski definition) is 8. The van der Waals surface area contributed by atoms with Crippen LogP contribution in [0.15, 0.2) is 52.3 Å². The zero-order valence-corrected chi connectivity index (χ0v) is 20.7. The summed E-state index contributed by atoms with van der Waals surface area (Å²) in [4.78, 5) is 21.7. The molecule has 1 amide bonds. The van der Waals surface area contributed by atoms with Crippen molar-refractivity contribution in [1.29, 1.82) is 0 Å². The van der Waals surface area contributed by atoms with Gasteiger partial charge in [0.15, 0.2) is 24.8 Å². The number of aromatic nitrogens is 1. The molecular weight excluding hydrogens is 470 g/mol. The highest BCUT2D eigenvalue weighted by molar-refractivity contribution is 7.91. The summed E-state index contributed by atoms with van der Waals surface area (Å²) in [6.45, 7) is 2.51. The molecule has 1 heterocycles. The zero-order chi connectivity index (χ0) is 23.7. The summed E-state index contributed by atoms with van der Waals surface area (Å²) >= 11 is 1.24. The molecule has 8 nitrogen and oxygen atoms in total. The molecule has 0 fully saturated rings. The van der Waals surface area contributed by atoms with Crippen molar-refractivity contribution in [2.45, 2.75) is 16.7 Å². The topological polar surface area (TPSA) is 105 Å². The number of carbonyl (C=O) groups excluding carboxylic acids is 1. The number of thiazole rings is 1. The number of amides is 1. The van der Waals surface area contributed by atoms with Gasteiger partial charge in [-0.05, 0) is 56.6 Å². The van der Waals surface area contributed by atoms with Crippen molar-refractivity contribution in [1.82, 2.24) is 9.88 Å². The Morgan fingerprint density at radius 1 is 0.969 bits per heavy atom. The first-order valence-electron chi connectivity index (χ1n) is 9.82. The van der Waals surface area contributed by atoms with Crippen molar-refractivity contribution in [2.24, 2.45) is 0 Å². The second-order valence-electron chi connectivity index (χ2n) is 7.59. The Bertz CT molecular complexity index is 1350. The van der Waals surface area contributed by atoms with E-state index in [1.807, 2.05) is 19.0 Å². The van der Waals surface area contributed by atoms with E-state index < -0.39 is 19.7 Å². The number of hydrogen-bond donors (Lipinski definition) is 0. The minimum Gasteiger partial charge on any atom is -0.308 e. The van der Waals surface area contributed by atoms with Gasteiger partial charge in [-0.25, -0.2) is 21.8 Å². The summed E-state index contributed by atoms with van der Waals surface area (Å²) < 4.78 is 48.5. The molecular formula is C21H25N3O5S3. The number of sulfone groups is 2. The van der Waals surface area contributed by atoms with Crippen LogP contribution in [0.4, 0.5) is 5.13 Å². The fourth-order valence-corrected chi connectivity index (χ4v) is 5.59. The summed E-state index contributed by atoms with van der Waals surface area (Å²) in [6.07, 6.45) is 1.14. The molecule has 0 aliphatic rings. The van der Waals surface area contributed by atoms with Gasteiger partial charge in [-0.3, -0.25) is 9.69 Å². The van der Waals surface area contributed by atoms with Gasteiger partial charge in [0.1, 0.15) is 0 Å². The third-order valence-corrected chi connectivity index (χ3v) is 8.77. The molecule has 0 aliphatic carbocycles. The highest BCUT2D eigenvalue weighted by Crippen LogP contribution is 2.31. The summed E-state index contributed by atoms with van der Waals surface area (Å²) in [5.74, 6) is -0.328. The first-order chi connectivity index (χ1) is 14.9. The smallest absolute Gasteiger partial charge is 0.260 e. The molecule has 32 heavy (non-hydrogen) atoms. The van der Waals surface area contributed by atoms with Crippen LogP contribution < -0.4 is 4.90 Å². The lowest BCUT2D eigenvalue weighted by molar-refractivity contribution is 0.0985. The van der Waals surface area contributed by atoms with E-state index in [0.29, 0.717) is 34.0 Å². The molecule has 0 saturated heterocycles. The lowest BCUT2D eigenvalue weighted by Gasteiger charge is -2.22. The van der Waals surface area contributed by atoms with Crippen LogP contribution in [0.3, 0.4) is 0 Å². The second kappa shape index (κ2) is 9.26. The maximum atomic E-state index is 13.3. The van der Waals surface area contributed by atoms with Gasteiger partial charge in [-0.1, -0.05) is 18.3 Å². The van der Waals surface area contributed by atoms with Crippen molar-refractivity contribution >= 4 is 52.3 Å². The molecule has 11 heteroatoms. The van der Waals surface area contributed by atoms with Crippen LogP contribution in [-0.4, -0.2) is 71.8 Å². The van der Waals surface area contributed by atoms with Gasteiger partial charge in [-0.15, -0.1) is 0 Å². The second-order valence-corrected chi connectivity index (χ2v) is 12.9. The van der Waals surface area contributed by atoms with Crippen LogP contribution in [0.2, 0.25) is 0 Å². The van der Waals surface area contributed by atoms with E-state index in [1.54, 1.807) is 19.1 Å². The Morgan fingerprint density at radius 2 is 1.59 bits per heavy atom. The highest BCUT2D eigenvalue weighted by Gasteiger charge is 2.23. The minimum atomic E-state index is -3.36. The molecule has 172 valence electrons. The Labute approximate surface area is 192 Å². The summed E-state index contributed by atoms with van der Waals surface area (Å²) in [5, 5.41) is 0.447. The van der Waals surface area contributed by atoms with Gasteiger partial charge in [0.25, 0.3) is 5.91 Å². The first kappa shape index (κ1) is 24.3. The number of rotatable bonds is 8. The first-order valence-corrected chi connectivity index (χ1v) is 14.2. The van der Waals surface area contributed by atoms with Crippen molar-refractivity contribution in [2.75, 3.05) is 44.1 Å². The minimum absolute atomic E-state index is 0.0174. The number of fused-ring (bicyclic) bond motifs is 1. The third kappa shape index (κ3) is 5.34. The average Bonchev–Trinajstić information content (AvgIpc) is 3.16. The van der Waals surface area contributed by atoms with Gasteiger partial charge in [0, 0.05) is 24.9 Å². The van der Waals surface area contributed by atoms with Gasteiger partial charge in [-0.2, -0.15) is 0 Å². The Kier molecular flexibility index (Phi) is 7.03. The lowest BCUT2D eigenvalue weighted by Crippen LogP contribution is -2.36. The van der Waals surface area contributed by atoms with E-state index in [2.05, 4.69) is 4.98 Å². The monoisotopic (exact) mass is 495 g/mol. The summed E-state index contributed by atoms with van der Waals surface area (Å²) in [5.41, 5.74) is 0.944. The normalized spacial score (nSPS) is 12.4. The molecule has 0 aliphatic heterocycles. The fraction of sp³-hybridized carbons (Fsp3) is 0.333. The largest absolute Gasteiger partial charge is 0.308 e. The SMILES string of the molecule is CCS(=O)(=O)c1ccc(C(=O)N(CCN(C)C)c2nc3ccc(S(C)(=O)=O)cc3s2)cc1. The van der Waals surface area contributed by atoms with E-state index in [0.717, 1.165) is 6.26 Å². The van der Waals surface area contributed by atoms with Gasteiger partial charge in [0.2, 0.25) is 0 Å². The summed E-state index contributed by atoms with van der Waals surface area (Å²) in [6, 6.07) is 10.6. The molecule has 3 rings (SSSR count). The number of nitrogens with zero attached hydrogens (tertiary/aromatic N) is 3. The van der Waals surface area contributed by atoms with Crippen LogP contribution in [-0.2, 0) is 19.7 Å². The van der Waals surface area contributed by atoms with E-state index in [1.165, 1.54) is 46.6 Å². The number of anilines is 1. The lowest BCUT2D eigenvalue weighted by atomic mass is 10.2. The van der Waals surface area contributed by atoms with Crippen molar-refractivity contribution < 1.29 is 21.6 Å².